The fourth-order valence-corrected chi connectivity index (χ4v) is 6.14. The highest BCUT2D eigenvalue weighted by molar-refractivity contribution is 5.80. The van der Waals surface area contributed by atoms with Crippen LogP contribution in [0.1, 0.15) is 67.3 Å². The zero-order valence-corrected chi connectivity index (χ0v) is 25.1. The Hall–Kier alpha value is -3.60. The third-order valence-corrected chi connectivity index (χ3v) is 8.72. The lowest BCUT2D eigenvalue weighted by Crippen LogP contribution is -2.46. The van der Waals surface area contributed by atoms with Crippen LogP contribution in [0.3, 0.4) is 0 Å². The summed E-state index contributed by atoms with van der Waals surface area (Å²) in [4.78, 5) is 25.1. The van der Waals surface area contributed by atoms with E-state index in [1.54, 1.807) is 0 Å². The van der Waals surface area contributed by atoms with Crippen LogP contribution in [0.2, 0.25) is 0 Å². The summed E-state index contributed by atoms with van der Waals surface area (Å²) in [5, 5.41) is 31.1. The zero-order chi connectivity index (χ0) is 31.1. The van der Waals surface area contributed by atoms with Crippen molar-refractivity contribution >= 4 is 11.9 Å². The SMILES string of the molecule is C[C@@H]1[C@H](CN2CCC[C@H]2CO)O[C@H](c2cccc(-c3cccc(CNC(=O)CCC(=O)O)c3)c2)O[C@@H]1c1ccc(CO)cc1. The van der Waals surface area contributed by atoms with Gasteiger partial charge >= 0.3 is 5.97 Å². The van der Waals surface area contributed by atoms with E-state index in [0.29, 0.717) is 13.1 Å². The van der Waals surface area contributed by atoms with Gasteiger partial charge in [-0.1, -0.05) is 67.6 Å². The first-order valence-electron chi connectivity index (χ1n) is 15.4. The van der Waals surface area contributed by atoms with Crippen LogP contribution in [0.15, 0.2) is 72.8 Å². The van der Waals surface area contributed by atoms with Gasteiger partial charge in [0.15, 0.2) is 6.29 Å². The number of likely N-dealkylation sites (tertiary alicyclic amines) is 1. The Labute approximate surface area is 258 Å². The lowest BCUT2D eigenvalue weighted by Gasteiger charge is -2.43. The number of nitrogens with zero attached hydrogens (tertiary/aromatic N) is 1. The van der Waals surface area contributed by atoms with Crippen LogP contribution >= 0.6 is 0 Å². The van der Waals surface area contributed by atoms with Crippen LogP contribution in [0.5, 0.6) is 0 Å². The number of carbonyl (C=O) groups is 2. The maximum Gasteiger partial charge on any atom is 0.303 e. The number of hydrogen-bond donors (Lipinski definition) is 4. The van der Waals surface area contributed by atoms with Crippen molar-refractivity contribution in [1.82, 2.24) is 10.2 Å². The van der Waals surface area contributed by atoms with Gasteiger partial charge in [0.2, 0.25) is 5.91 Å². The molecule has 2 heterocycles. The molecule has 9 heteroatoms. The number of nitrogens with one attached hydrogen (secondary N) is 1. The number of carboxylic acid groups (broad SMARTS) is 1. The number of hydrogen-bond acceptors (Lipinski definition) is 7. The molecule has 1 amide bonds. The molecular formula is C35H42N2O7. The van der Waals surface area contributed by atoms with E-state index in [0.717, 1.165) is 52.8 Å². The summed E-state index contributed by atoms with van der Waals surface area (Å²) in [7, 11) is 0. The minimum atomic E-state index is -0.995. The molecule has 0 saturated carbocycles. The van der Waals surface area contributed by atoms with Gasteiger partial charge in [-0.15, -0.1) is 0 Å². The molecule has 0 radical (unpaired) electrons. The Morgan fingerprint density at radius 2 is 1.66 bits per heavy atom. The predicted octanol–water partition coefficient (Wildman–Crippen LogP) is 4.58. The van der Waals surface area contributed by atoms with Crippen molar-refractivity contribution in [2.75, 3.05) is 19.7 Å². The smallest absolute Gasteiger partial charge is 0.303 e. The highest BCUT2D eigenvalue weighted by atomic mass is 16.7. The molecule has 0 spiro atoms. The minimum Gasteiger partial charge on any atom is -0.481 e. The topological polar surface area (TPSA) is 129 Å². The summed E-state index contributed by atoms with van der Waals surface area (Å²) < 4.78 is 13.4. The molecule has 44 heavy (non-hydrogen) atoms. The van der Waals surface area contributed by atoms with Crippen molar-refractivity contribution < 1.29 is 34.4 Å². The first-order chi connectivity index (χ1) is 21.3. The van der Waals surface area contributed by atoms with E-state index in [1.165, 1.54) is 0 Å². The van der Waals surface area contributed by atoms with Gasteiger partial charge in [0.1, 0.15) is 0 Å². The Bertz CT molecular complexity index is 1410. The Balaban J connectivity index is 1.36. The minimum absolute atomic E-state index is 0.0156. The highest BCUT2D eigenvalue weighted by Crippen LogP contribution is 2.43. The molecule has 5 rings (SSSR count). The van der Waals surface area contributed by atoms with Crippen molar-refractivity contribution in [3.63, 3.8) is 0 Å². The Kier molecular flexibility index (Phi) is 10.8. The predicted molar refractivity (Wildman–Crippen MR) is 165 cm³/mol. The number of aliphatic carboxylic acids is 1. The van der Waals surface area contributed by atoms with E-state index in [2.05, 4.69) is 23.2 Å². The second kappa shape index (κ2) is 14.9. The van der Waals surface area contributed by atoms with Crippen molar-refractivity contribution in [2.24, 2.45) is 5.92 Å². The third-order valence-electron chi connectivity index (χ3n) is 8.72. The molecule has 2 aliphatic heterocycles. The van der Waals surface area contributed by atoms with Crippen molar-refractivity contribution in [3.05, 3.63) is 95.1 Å². The van der Waals surface area contributed by atoms with E-state index in [4.69, 9.17) is 14.6 Å². The van der Waals surface area contributed by atoms with E-state index < -0.39 is 12.3 Å². The van der Waals surface area contributed by atoms with Crippen LogP contribution in [-0.2, 0) is 32.2 Å². The van der Waals surface area contributed by atoms with Crippen LogP contribution in [-0.4, -0.2) is 63.9 Å². The first kappa shape index (κ1) is 31.8. The van der Waals surface area contributed by atoms with Gasteiger partial charge in [0, 0.05) is 37.0 Å². The van der Waals surface area contributed by atoms with E-state index in [9.17, 15) is 19.8 Å². The molecule has 3 aromatic rings. The number of carbonyl (C=O) groups excluding carboxylic acids is 1. The molecule has 0 unspecified atom stereocenters. The summed E-state index contributed by atoms with van der Waals surface area (Å²) in [6.07, 6.45) is 0.841. The second-order valence-electron chi connectivity index (χ2n) is 11.8. The number of benzene rings is 3. The van der Waals surface area contributed by atoms with Gasteiger partial charge in [0.05, 0.1) is 31.8 Å². The number of ether oxygens (including phenoxy) is 2. The maximum absolute atomic E-state index is 12.0. The number of aliphatic hydroxyl groups is 2. The molecule has 5 atom stereocenters. The fourth-order valence-electron chi connectivity index (χ4n) is 6.14. The summed E-state index contributed by atoms with van der Waals surface area (Å²) in [5.41, 5.74) is 5.63. The molecule has 2 saturated heterocycles. The molecule has 2 fully saturated rings. The molecule has 4 N–H and O–H groups in total. The fraction of sp³-hybridized carbons (Fsp3) is 0.429. The van der Waals surface area contributed by atoms with Gasteiger partial charge in [-0.25, -0.2) is 0 Å². The Morgan fingerprint density at radius 1 is 0.909 bits per heavy atom. The first-order valence-corrected chi connectivity index (χ1v) is 15.4. The summed E-state index contributed by atoms with van der Waals surface area (Å²) >= 11 is 0. The molecule has 3 aromatic carbocycles. The molecular weight excluding hydrogens is 560 g/mol. The largest absolute Gasteiger partial charge is 0.481 e. The molecule has 9 nitrogen and oxygen atoms in total. The van der Waals surface area contributed by atoms with Gasteiger partial charge in [0.25, 0.3) is 0 Å². The lowest BCUT2D eigenvalue weighted by molar-refractivity contribution is -0.276. The van der Waals surface area contributed by atoms with Gasteiger partial charge in [-0.2, -0.15) is 0 Å². The number of amides is 1. The molecule has 0 aliphatic carbocycles. The van der Waals surface area contributed by atoms with Crippen LogP contribution in [0.25, 0.3) is 11.1 Å². The van der Waals surface area contributed by atoms with Crippen LogP contribution in [0, 0.1) is 5.92 Å². The van der Waals surface area contributed by atoms with E-state index in [-0.39, 0.29) is 56.1 Å². The standard InChI is InChI=1S/C35H42N2O7/c1-23-31(20-37-16-4-9-30(37)22-39)43-35(44-34(23)26-12-10-24(21-38)11-13-26)29-8-3-7-28(18-29)27-6-2-5-25(17-27)19-36-32(40)14-15-33(41)42/h2-3,5-8,10-13,17-18,23,30-31,34-35,38-39H,4,9,14-16,19-22H2,1H3,(H,36,40)(H,41,42)/t23-,30+,31+,34+,35+/m1/s1. The second-order valence-corrected chi connectivity index (χ2v) is 11.8. The van der Waals surface area contributed by atoms with Crippen LogP contribution < -0.4 is 5.32 Å². The van der Waals surface area contributed by atoms with Gasteiger partial charge in [-0.3, -0.25) is 14.5 Å². The van der Waals surface area contributed by atoms with E-state index >= 15 is 0 Å². The van der Waals surface area contributed by atoms with Crippen molar-refractivity contribution in [3.8, 4) is 11.1 Å². The van der Waals surface area contributed by atoms with Gasteiger partial charge in [-0.05, 0) is 59.3 Å². The summed E-state index contributed by atoms with van der Waals surface area (Å²) in [5.74, 6) is -1.24. The molecule has 234 valence electrons. The third kappa shape index (κ3) is 7.91. The quantitative estimate of drug-likeness (QED) is 0.237. The normalized spacial score (nSPS) is 23.8. The summed E-state index contributed by atoms with van der Waals surface area (Å²) in [6.45, 7) is 4.22. The number of carboxylic acids is 1. The van der Waals surface area contributed by atoms with Crippen LogP contribution in [0.4, 0.5) is 0 Å². The number of aliphatic hydroxyl groups excluding tert-OH is 2. The average molecular weight is 603 g/mol. The zero-order valence-electron chi connectivity index (χ0n) is 25.1. The van der Waals surface area contributed by atoms with E-state index in [1.807, 2.05) is 66.7 Å². The maximum atomic E-state index is 12.0. The van der Waals surface area contributed by atoms with Crippen molar-refractivity contribution in [1.29, 1.82) is 0 Å². The molecule has 0 aromatic heterocycles. The molecule has 2 aliphatic rings. The average Bonchev–Trinajstić information content (AvgIpc) is 3.51. The Morgan fingerprint density at radius 3 is 2.39 bits per heavy atom. The monoisotopic (exact) mass is 602 g/mol. The van der Waals surface area contributed by atoms with Crippen molar-refractivity contribution in [2.45, 2.75) is 70.3 Å². The lowest BCUT2D eigenvalue weighted by atomic mass is 9.89. The van der Waals surface area contributed by atoms with Gasteiger partial charge < -0.3 is 30.1 Å². The number of rotatable bonds is 12. The summed E-state index contributed by atoms with van der Waals surface area (Å²) in [6, 6.07) is 24.0. The highest BCUT2D eigenvalue weighted by Gasteiger charge is 2.40. The molecule has 0 bridgehead atoms.